The highest BCUT2D eigenvalue weighted by Crippen LogP contribution is 2.25. The van der Waals surface area contributed by atoms with Gasteiger partial charge in [-0.1, -0.05) is 74.3 Å². The van der Waals surface area contributed by atoms with Gasteiger partial charge in [0, 0.05) is 18.6 Å². The van der Waals surface area contributed by atoms with Crippen LogP contribution in [-0.2, 0) is 20.7 Å². The minimum Gasteiger partial charge on any atom is -0.462 e. The minimum atomic E-state index is -0.491. The molecule has 0 atom stereocenters. The normalized spacial score (nSPS) is 10.4. The fraction of sp³-hybridized carbons (Fsp3) is 0.0667. The van der Waals surface area contributed by atoms with Gasteiger partial charge >= 0.3 is 11.9 Å². The van der Waals surface area contributed by atoms with Crippen LogP contribution in [0.25, 0.3) is 17.2 Å². The zero-order chi connectivity index (χ0) is 25.0. The summed E-state index contributed by atoms with van der Waals surface area (Å²) in [4.78, 5) is 22.4. The third-order valence-corrected chi connectivity index (χ3v) is 4.92. The summed E-state index contributed by atoms with van der Waals surface area (Å²) in [6, 6.07) is 22.8. The van der Waals surface area contributed by atoms with E-state index in [1.54, 1.807) is 18.2 Å². The summed E-state index contributed by atoms with van der Waals surface area (Å²) in [5.74, 6) is 0.732. The average Bonchev–Trinajstić information content (AvgIpc) is 2.89. The number of carbonyl (C=O) groups excluding carboxylic acids is 2. The molecule has 0 amide bonds. The van der Waals surface area contributed by atoms with E-state index in [1.807, 2.05) is 66.7 Å². The molecule has 3 rings (SSSR count). The van der Waals surface area contributed by atoms with Crippen LogP contribution in [0.4, 0.5) is 0 Å². The zero-order valence-electron chi connectivity index (χ0n) is 19.3. The molecule has 0 saturated heterocycles. The van der Waals surface area contributed by atoms with E-state index >= 15 is 0 Å². The number of allylic oxidation sites excluding steroid dienone is 1. The van der Waals surface area contributed by atoms with Crippen molar-refractivity contribution in [3.63, 3.8) is 0 Å². The van der Waals surface area contributed by atoms with E-state index in [9.17, 15) is 9.59 Å². The fourth-order valence-electron chi connectivity index (χ4n) is 3.09. The highest BCUT2D eigenvalue weighted by Gasteiger charge is 2.03. The SMILES string of the molecule is C=CC(=O)OCCc1ccc(C=CC(=C)Oc2ccc(-c3ccc(OC(=O)C=C)cc3)cc2)cc1. The standard InChI is InChI=1S/C30H26O5/c1-4-29(31)33-21-20-24-10-8-23(9-11-24)7-6-22(3)34-27-16-12-25(13-17-27)26-14-18-28(19-15-26)35-30(32)5-2/h4-19H,1-3,20-21H2. The van der Waals surface area contributed by atoms with Crippen LogP contribution in [0.2, 0.25) is 0 Å². The van der Waals surface area contributed by atoms with Gasteiger partial charge in [-0.2, -0.15) is 0 Å². The summed E-state index contributed by atoms with van der Waals surface area (Å²) in [5, 5.41) is 0. The molecule has 3 aromatic rings. The highest BCUT2D eigenvalue weighted by molar-refractivity contribution is 5.83. The van der Waals surface area contributed by atoms with E-state index in [0.717, 1.165) is 34.4 Å². The van der Waals surface area contributed by atoms with Crippen LogP contribution in [0.3, 0.4) is 0 Å². The van der Waals surface area contributed by atoms with Crippen molar-refractivity contribution in [2.24, 2.45) is 0 Å². The topological polar surface area (TPSA) is 61.8 Å². The van der Waals surface area contributed by atoms with E-state index in [4.69, 9.17) is 14.2 Å². The second kappa shape index (κ2) is 12.6. The monoisotopic (exact) mass is 466 g/mol. The van der Waals surface area contributed by atoms with E-state index < -0.39 is 11.9 Å². The Morgan fingerprint density at radius 1 is 0.714 bits per heavy atom. The van der Waals surface area contributed by atoms with Gasteiger partial charge in [0.2, 0.25) is 0 Å². The third-order valence-electron chi connectivity index (χ3n) is 4.92. The molecule has 0 bridgehead atoms. The molecule has 0 aliphatic carbocycles. The van der Waals surface area contributed by atoms with Crippen molar-refractivity contribution in [2.45, 2.75) is 6.42 Å². The Labute approximate surface area is 205 Å². The van der Waals surface area contributed by atoms with Crippen LogP contribution >= 0.6 is 0 Å². The Morgan fingerprint density at radius 3 is 1.80 bits per heavy atom. The summed E-state index contributed by atoms with van der Waals surface area (Å²) in [6.45, 7) is 11.0. The molecule has 0 aliphatic heterocycles. The first kappa shape index (κ1) is 25.0. The Kier molecular flexibility index (Phi) is 8.97. The van der Waals surface area contributed by atoms with Gasteiger partial charge in [0.1, 0.15) is 17.3 Å². The van der Waals surface area contributed by atoms with Gasteiger partial charge in [-0.05, 0) is 52.6 Å². The summed E-state index contributed by atoms with van der Waals surface area (Å²) in [6.07, 6.45) is 6.64. The molecule has 3 aromatic carbocycles. The van der Waals surface area contributed by atoms with Gasteiger partial charge in [-0.3, -0.25) is 0 Å². The van der Waals surface area contributed by atoms with E-state index in [0.29, 0.717) is 30.3 Å². The van der Waals surface area contributed by atoms with Crippen molar-refractivity contribution in [2.75, 3.05) is 6.61 Å². The first-order chi connectivity index (χ1) is 17.0. The van der Waals surface area contributed by atoms with Crippen molar-refractivity contribution < 1.29 is 23.8 Å². The molecule has 35 heavy (non-hydrogen) atoms. The number of ether oxygens (including phenoxy) is 3. The van der Waals surface area contributed by atoms with Crippen molar-refractivity contribution in [3.05, 3.63) is 128 Å². The second-order valence-electron chi connectivity index (χ2n) is 7.44. The molecule has 0 aromatic heterocycles. The Hall–Kier alpha value is -4.64. The van der Waals surface area contributed by atoms with Crippen molar-refractivity contribution >= 4 is 18.0 Å². The molecule has 0 radical (unpaired) electrons. The zero-order valence-corrected chi connectivity index (χ0v) is 19.3. The molecule has 5 nitrogen and oxygen atoms in total. The predicted molar refractivity (Wildman–Crippen MR) is 138 cm³/mol. The summed E-state index contributed by atoms with van der Waals surface area (Å²) in [5.41, 5.74) is 4.05. The molecule has 0 saturated carbocycles. The number of carbonyl (C=O) groups is 2. The highest BCUT2D eigenvalue weighted by atomic mass is 16.5. The van der Waals surface area contributed by atoms with Crippen LogP contribution in [0, 0.1) is 0 Å². The third kappa shape index (κ3) is 8.02. The lowest BCUT2D eigenvalue weighted by Crippen LogP contribution is -2.04. The predicted octanol–water partition coefficient (Wildman–Crippen LogP) is 6.32. The Balaban J connectivity index is 1.51. The molecule has 0 fully saturated rings. The van der Waals surface area contributed by atoms with E-state index in [1.165, 1.54) is 0 Å². The molecule has 0 aliphatic rings. The summed E-state index contributed by atoms with van der Waals surface area (Å²) >= 11 is 0. The van der Waals surface area contributed by atoms with E-state index in [2.05, 4.69) is 19.7 Å². The molecular formula is C30H26O5. The number of hydrogen-bond acceptors (Lipinski definition) is 5. The van der Waals surface area contributed by atoms with Crippen molar-refractivity contribution in [3.8, 4) is 22.6 Å². The molecule has 0 N–H and O–H groups in total. The smallest absolute Gasteiger partial charge is 0.335 e. The van der Waals surface area contributed by atoms with Crippen molar-refractivity contribution in [1.82, 2.24) is 0 Å². The quantitative estimate of drug-likeness (QED) is 0.109. The maximum absolute atomic E-state index is 11.3. The van der Waals surface area contributed by atoms with Gasteiger partial charge in [0.05, 0.1) is 6.61 Å². The average molecular weight is 467 g/mol. The first-order valence-electron chi connectivity index (χ1n) is 10.9. The van der Waals surface area contributed by atoms with Gasteiger partial charge < -0.3 is 14.2 Å². The lowest BCUT2D eigenvalue weighted by molar-refractivity contribution is -0.137. The second-order valence-corrected chi connectivity index (χ2v) is 7.44. The number of benzene rings is 3. The minimum absolute atomic E-state index is 0.319. The van der Waals surface area contributed by atoms with Crippen LogP contribution < -0.4 is 9.47 Å². The van der Waals surface area contributed by atoms with Crippen LogP contribution in [0.5, 0.6) is 11.5 Å². The summed E-state index contributed by atoms with van der Waals surface area (Å²) < 4.78 is 15.9. The van der Waals surface area contributed by atoms with Crippen LogP contribution in [0.15, 0.2) is 117 Å². The van der Waals surface area contributed by atoms with Gasteiger partial charge in [-0.25, -0.2) is 9.59 Å². The van der Waals surface area contributed by atoms with Gasteiger partial charge in [0.25, 0.3) is 0 Å². The maximum atomic E-state index is 11.3. The lowest BCUT2D eigenvalue weighted by Gasteiger charge is -2.08. The van der Waals surface area contributed by atoms with Crippen molar-refractivity contribution in [1.29, 1.82) is 0 Å². The molecule has 176 valence electrons. The first-order valence-corrected chi connectivity index (χ1v) is 10.9. The fourth-order valence-corrected chi connectivity index (χ4v) is 3.09. The van der Waals surface area contributed by atoms with Gasteiger partial charge in [0.15, 0.2) is 0 Å². The van der Waals surface area contributed by atoms with Gasteiger partial charge in [-0.15, -0.1) is 0 Å². The molecule has 0 heterocycles. The largest absolute Gasteiger partial charge is 0.462 e. The molecule has 5 heteroatoms. The molecular weight excluding hydrogens is 440 g/mol. The maximum Gasteiger partial charge on any atom is 0.335 e. The van der Waals surface area contributed by atoms with E-state index in [-0.39, 0.29) is 0 Å². The molecule has 0 unspecified atom stereocenters. The Morgan fingerprint density at radius 2 is 1.26 bits per heavy atom. The molecule has 0 spiro atoms. The van der Waals surface area contributed by atoms with Crippen LogP contribution in [-0.4, -0.2) is 18.5 Å². The number of rotatable bonds is 11. The van der Waals surface area contributed by atoms with Crippen LogP contribution in [0.1, 0.15) is 11.1 Å². The summed E-state index contributed by atoms with van der Waals surface area (Å²) in [7, 11) is 0. The number of hydrogen-bond donors (Lipinski definition) is 0. The number of esters is 2. The lowest BCUT2D eigenvalue weighted by atomic mass is 10.1. The Bertz CT molecular complexity index is 1220.